The molecular formula is C26H23Br. The van der Waals surface area contributed by atoms with Crippen molar-refractivity contribution in [2.24, 2.45) is 0 Å². The van der Waals surface area contributed by atoms with Crippen LogP contribution >= 0.6 is 15.9 Å². The van der Waals surface area contributed by atoms with E-state index in [1.807, 2.05) is 0 Å². The van der Waals surface area contributed by atoms with Crippen LogP contribution in [0.15, 0.2) is 71.2 Å². The second-order valence-corrected chi connectivity index (χ2v) is 9.73. The Kier molecular flexibility index (Phi) is 3.44. The van der Waals surface area contributed by atoms with Crippen LogP contribution < -0.4 is 0 Å². The van der Waals surface area contributed by atoms with Crippen LogP contribution in [0.1, 0.15) is 49.9 Å². The Morgan fingerprint density at radius 1 is 0.593 bits per heavy atom. The molecule has 2 aliphatic carbocycles. The van der Waals surface area contributed by atoms with Gasteiger partial charge in [0, 0.05) is 15.3 Å². The number of fused-ring (bicyclic) bond motifs is 4. The van der Waals surface area contributed by atoms with E-state index in [4.69, 9.17) is 0 Å². The monoisotopic (exact) mass is 414 g/mol. The summed E-state index contributed by atoms with van der Waals surface area (Å²) in [5.74, 6) is 0. The van der Waals surface area contributed by atoms with Crippen LogP contribution in [-0.2, 0) is 10.8 Å². The maximum Gasteiger partial charge on any atom is 0.0178 e. The van der Waals surface area contributed by atoms with Crippen LogP contribution in [0, 0.1) is 0 Å². The lowest BCUT2D eigenvalue weighted by Gasteiger charge is -2.28. The first kappa shape index (κ1) is 17.0. The van der Waals surface area contributed by atoms with Gasteiger partial charge in [0.25, 0.3) is 0 Å². The third-order valence-corrected chi connectivity index (χ3v) is 6.99. The summed E-state index contributed by atoms with van der Waals surface area (Å²) in [6, 6.07) is 24.5. The Hall–Kier alpha value is -2.12. The van der Waals surface area contributed by atoms with Crippen molar-refractivity contribution in [3.63, 3.8) is 0 Å². The summed E-state index contributed by atoms with van der Waals surface area (Å²) < 4.78 is 1.16. The van der Waals surface area contributed by atoms with E-state index in [9.17, 15) is 0 Å². The zero-order valence-electron chi connectivity index (χ0n) is 16.2. The van der Waals surface area contributed by atoms with Crippen molar-refractivity contribution in [3.8, 4) is 11.1 Å². The van der Waals surface area contributed by atoms with Crippen molar-refractivity contribution in [2.75, 3.05) is 0 Å². The van der Waals surface area contributed by atoms with E-state index in [2.05, 4.69) is 110 Å². The molecule has 0 heterocycles. The molecule has 1 heteroatoms. The summed E-state index contributed by atoms with van der Waals surface area (Å²) in [5, 5.41) is 0. The Labute approximate surface area is 170 Å². The SMILES string of the molecule is CC1(C)C2=C(c3ccc(Br)cc31)C(C)(C)c1cc(-c3ccccc3)ccc12. The molecule has 0 aromatic heterocycles. The molecule has 0 aliphatic heterocycles. The molecule has 0 amide bonds. The number of hydrogen-bond acceptors (Lipinski definition) is 0. The molecule has 0 saturated carbocycles. The Bertz CT molecular complexity index is 1110. The van der Waals surface area contributed by atoms with E-state index in [1.54, 1.807) is 0 Å². The lowest BCUT2D eigenvalue weighted by atomic mass is 9.75. The first-order valence-electron chi connectivity index (χ1n) is 9.58. The number of allylic oxidation sites excluding steroid dienone is 2. The molecule has 2 aliphatic rings. The van der Waals surface area contributed by atoms with Gasteiger partial charge in [-0.25, -0.2) is 0 Å². The highest BCUT2D eigenvalue weighted by molar-refractivity contribution is 9.10. The van der Waals surface area contributed by atoms with Crippen LogP contribution in [0.4, 0.5) is 0 Å². The van der Waals surface area contributed by atoms with E-state index in [1.165, 1.54) is 44.5 Å². The van der Waals surface area contributed by atoms with Crippen molar-refractivity contribution in [2.45, 2.75) is 38.5 Å². The average molecular weight is 415 g/mol. The van der Waals surface area contributed by atoms with Gasteiger partial charge in [-0.3, -0.25) is 0 Å². The Morgan fingerprint density at radius 3 is 1.78 bits per heavy atom. The van der Waals surface area contributed by atoms with Gasteiger partial charge in [-0.15, -0.1) is 0 Å². The summed E-state index contributed by atoms with van der Waals surface area (Å²) in [6.45, 7) is 9.51. The lowest BCUT2D eigenvalue weighted by Crippen LogP contribution is -2.19. The quantitative estimate of drug-likeness (QED) is 0.384. The fourth-order valence-electron chi connectivity index (χ4n) is 5.18. The molecule has 0 bridgehead atoms. The van der Waals surface area contributed by atoms with Crippen molar-refractivity contribution in [3.05, 3.63) is 93.5 Å². The van der Waals surface area contributed by atoms with Crippen molar-refractivity contribution in [1.29, 1.82) is 0 Å². The predicted molar refractivity (Wildman–Crippen MR) is 119 cm³/mol. The van der Waals surface area contributed by atoms with Crippen molar-refractivity contribution < 1.29 is 0 Å². The fourth-order valence-corrected chi connectivity index (χ4v) is 5.54. The van der Waals surface area contributed by atoms with Crippen LogP contribution in [-0.4, -0.2) is 0 Å². The van der Waals surface area contributed by atoms with E-state index >= 15 is 0 Å². The highest BCUT2D eigenvalue weighted by atomic mass is 79.9. The smallest absolute Gasteiger partial charge is 0.0178 e. The van der Waals surface area contributed by atoms with E-state index in [0.29, 0.717) is 0 Å². The second kappa shape index (κ2) is 5.45. The van der Waals surface area contributed by atoms with E-state index < -0.39 is 0 Å². The molecule has 0 saturated heterocycles. The first-order chi connectivity index (χ1) is 12.8. The fraction of sp³-hybridized carbons (Fsp3) is 0.231. The second-order valence-electron chi connectivity index (χ2n) is 8.82. The molecule has 0 radical (unpaired) electrons. The van der Waals surface area contributed by atoms with Gasteiger partial charge >= 0.3 is 0 Å². The standard InChI is InChI=1S/C26H23Br/c1-25(2)21-14-17(16-8-6-5-7-9-16)10-12-19(21)23-24(25)20-13-11-18(27)15-22(20)26(23,3)4/h5-15H,1-4H3. The molecular weight excluding hydrogens is 392 g/mol. The van der Waals surface area contributed by atoms with Gasteiger partial charge in [0.05, 0.1) is 0 Å². The lowest BCUT2D eigenvalue weighted by molar-refractivity contribution is 0.694. The van der Waals surface area contributed by atoms with Crippen LogP contribution in [0.5, 0.6) is 0 Å². The molecule has 0 unspecified atom stereocenters. The number of rotatable bonds is 1. The van der Waals surface area contributed by atoms with Gasteiger partial charge < -0.3 is 0 Å². The van der Waals surface area contributed by atoms with Gasteiger partial charge in [0.1, 0.15) is 0 Å². The van der Waals surface area contributed by atoms with Gasteiger partial charge in [-0.2, -0.15) is 0 Å². The average Bonchev–Trinajstić information content (AvgIpc) is 3.03. The third kappa shape index (κ3) is 2.21. The van der Waals surface area contributed by atoms with Gasteiger partial charge in [0.2, 0.25) is 0 Å². The van der Waals surface area contributed by atoms with E-state index in [-0.39, 0.29) is 10.8 Å². The molecule has 0 atom stereocenters. The highest BCUT2D eigenvalue weighted by Crippen LogP contribution is 2.62. The van der Waals surface area contributed by atoms with Crippen LogP contribution in [0.3, 0.4) is 0 Å². The third-order valence-electron chi connectivity index (χ3n) is 6.49. The number of halogens is 1. The van der Waals surface area contributed by atoms with E-state index in [0.717, 1.165) is 4.47 Å². The minimum atomic E-state index is 0.00576. The molecule has 3 aromatic rings. The van der Waals surface area contributed by atoms with Crippen molar-refractivity contribution in [1.82, 2.24) is 0 Å². The molecule has 3 aromatic carbocycles. The van der Waals surface area contributed by atoms with Gasteiger partial charge in [0.15, 0.2) is 0 Å². The molecule has 0 nitrogen and oxygen atoms in total. The molecule has 0 spiro atoms. The van der Waals surface area contributed by atoms with Gasteiger partial charge in [-0.1, -0.05) is 92.2 Å². The van der Waals surface area contributed by atoms with Gasteiger partial charge in [-0.05, 0) is 62.7 Å². The summed E-state index contributed by atoms with van der Waals surface area (Å²) in [5.41, 5.74) is 11.4. The number of hydrogen-bond donors (Lipinski definition) is 0. The molecule has 0 fully saturated rings. The summed E-state index contributed by atoms with van der Waals surface area (Å²) in [7, 11) is 0. The maximum atomic E-state index is 3.67. The number of benzene rings is 3. The minimum Gasteiger partial charge on any atom is -0.0622 e. The summed E-state index contributed by atoms with van der Waals surface area (Å²) in [4.78, 5) is 0. The van der Waals surface area contributed by atoms with Crippen LogP contribution in [0.25, 0.3) is 22.3 Å². The summed E-state index contributed by atoms with van der Waals surface area (Å²) in [6.07, 6.45) is 0. The Morgan fingerprint density at radius 2 is 1.15 bits per heavy atom. The zero-order valence-corrected chi connectivity index (χ0v) is 17.8. The minimum absolute atomic E-state index is 0.00576. The largest absolute Gasteiger partial charge is 0.0622 e. The molecule has 27 heavy (non-hydrogen) atoms. The normalized spacial score (nSPS) is 18.3. The molecule has 5 rings (SSSR count). The maximum absolute atomic E-state index is 3.67. The molecule has 134 valence electrons. The Balaban J connectivity index is 1.74. The van der Waals surface area contributed by atoms with Crippen molar-refractivity contribution >= 4 is 27.1 Å². The zero-order chi connectivity index (χ0) is 19.0. The van der Waals surface area contributed by atoms with Crippen LogP contribution in [0.2, 0.25) is 0 Å². The summed E-state index contributed by atoms with van der Waals surface area (Å²) >= 11 is 3.67. The molecule has 0 N–H and O–H groups in total. The first-order valence-corrected chi connectivity index (χ1v) is 10.4. The highest BCUT2D eigenvalue weighted by Gasteiger charge is 2.49. The topological polar surface area (TPSA) is 0 Å². The predicted octanol–water partition coefficient (Wildman–Crippen LogP) is 7.61.